The van der Waals surface area contributed by atoms with Crippen LogP contribution >= 0.6 is 11.8 Å². The largest absolute Gasteiger partial charge is 0.395 e. The van der Waals surface area contributed by atoms with Gasteiger partial charge >= 0.3 is 0 Å². The summed E-state index contributed by atoms with van der Waals surface area (Å²) in [6.07, 6.45) is 2.36. The van der Waals surface area contributed by atoms with E-state index in [2.05, 4.69) is 24.3 Å². The van der Waals surface area contributed by atoms with Gasteiger partial charge in [-0.15, -0.1) is 11.8 Å². The molecule has 1 aromatic rings. The average Bonchev–Trinajstić information content (AvgIpc) is 2.97. The van der Waals surface area contributed by atoms with Crippen molar-refractivity contribution in [2.45, 2.75) is 23.3 Å². The van der Waals surface area contributed by atoms with Gasteiger partial charge in [-0.1, -0.05) is 30.3 Å². The second-order valence-electron chi connectivity index (χ2n) is 3.62. The highest BCUT2D eigenvalue weighted by Gasteiger charge is 2.42. The highest BCUT2D eigenvalue weighted by molar-refractivity contribution is 8.00. The van der Waals surface area contributed by atoms with Crippen molar-refractivity contribution >= 4 is 11.8 Å². The Morgan fingerprint density at radius 3 is 2.46 bits per heavy atom. The molecule has 70 valence electrons. The smallest absolute Gasteiger partial charge is 0.0578 e. The number of aliphatic hydroxyl groups excluding tert-OH is 1. The second-order valence-corrected chi connectivity index (χ2v) is 5.06. The zero-order chi connectivity index (χ0) is 9.15. The van der Waals surface area contributed by atoms with E-state index in [4.69, 9.17) is 5.11 Å². The lowest BCUT2D eigenvalue weighted by Gasteiger charge is -2.10. The van der Waals surface area contributed by atoms with Crippen LogP contribution in [0.2, 0.25) is 0 Å². The molecule has 0 spiro atoms. The Kier molecular flexibility index (Phi) is 2.61. The third-order valence-electron chi connectivity index (χ3n) is 2.48. The third kappa shape index (κ3) is 2.26. The minimum atomic E-state index is 0.218. The molecule has 1 nitrogen and oxygen atoms in total. The van der Waals surface area contributed by atoms with Crippen LogP contribution in [0, 0.1) is 0 Å². The molecule has 0 aromatic heterocycles. The highest BCUT2D eigenvalue weighted by Crippen LogP contribution is 2.49. The molecule has 0 bridgehead atoms. The molecule has 0 aliphatic heterocycles. The fraction of sp³-hybridized carbons (Fsp3) is 0.455. The molecule has 1 aromatic carbocycles. The van der Waals surface area contributed by atoms with Crippen molar-refractivity contribution in [1.82, 2.24) is 0 Å². The minimum absolute atomic E-state index is 0.218. The summed E-state index contributed by atoms with van der Waals surface area (Å²) in [4.78, 5) is 0. The van der Waals surface area contributed by atoms with Crippen LogP contribution in [0.15, 0.2) is 30.3 Å². The summed E-state index contributed by atoms with van der Waals surface area (Å²) < 4.78 is 0.218. The number of aliphatic hydroxyl groups is 1. The van der Waals surface area contributed by atoms with Crippen LogP contribution in [0.1, 0.15) is 18.4 Å². The Labute approximate surface area is 83.2 Å². The van der Waals surface area contributed by atoms with Crippen LogP contribution in [0.25, 0.3) is 0 Å². The monoisotopic (exact) mass is 194 g/mol. The normalized spacial score (nSPS) is 18.5. The zero-order valence-electron chi connectivity index (χ0n) is 7.57. The number of rotatable bonds is 4. The van der Waals surface area contributed by atoms with E-state index in [1.165, 1.54) is 18.4 Å². The van der Waals surface area contributed by atoms with E-state index in [0.29, 0.717) is 6.61 Å². The van der Waals surface area contributed by atoms with E-state index in [-0.39, 0.29) is 4.75 Å². The number of benzene rings is 1. The van der Waals surface area contributed by atoms with E-state index < -0.39 is 0 Å². The molecular formula is C11H14OS. The Bertz CT molecular complexity index is 267. The fourth-order valence-electron chi connectivity index (χ4n) is 1.30. The summed E-state index contributed by atoms with van der Waals surface area (Å²) in [6.45, 7) is 0.338. The van der Waals surface area contributed by atoms with E-state index >= 15 is 0 Å². The number of hydrogen-bond acceptors (Lipinski definition) is 2. The van der Waals surface area contributed by atoms with Crippen molar-refractivity contribution in [3.05, 3.63) is 35.9 Å². The Morgan fingerprint density at radius 2 is 1.92 bits per heavy atom. The predicted molar refractivity (Wildman–Crippen MR) is 56.8 cm³/mol. The van der Waals surface area contributed by atoms with Crippen molar-refractivity contribution < 1.29 is 5.11 Å². The van der Waals surface area contributed by atoms with Gasteiger partial charge < -0.3 is 5.11 Å². The molecule has 0 saturated heterocycles. The molecular weight excluding hydrogens is 180 g/mol. The van der Waals surface area contributed by atoms with Gasteiger partial charge in [-0.2, -0.15) is 0 Å². The molecule has 0 atom stereocenters. The van der Waals surface area contributed by atoms with Gasteiger partial charge in [-0.25, -0.2) is 0 Å². The molecule has 0 unspecified atom stereocenters. The summed E-state index contributed by atoms with van der Waals surface area (Å²) in [7, 11) is 0. The van der Waals surface area contributed by atoms with Gasteiger partial charge in [0.05, 0.1) is 6.61 Å². The van der Waals surface area contributed by atoms with Crippen LogP contribution in [0.4, 0.5) is 0 Å². The molecule has 1 N–H and O–H groups in total. The molecule has 13 heavy (non-hydrogen) atoms. The first-order chi connectivity index (χ1) is 6.35. The fourth-order valence-corrected chi connectivity index (χ4v) is 2.45. The van der Waals surface area contributed by atoms with Crippen LogP contribution in [-0.4, -0.2) is 16.5 Å². The molecule has 1 fully saturated rings. The first-order valence-electron chi connectivity index (χ1n) is 4.63. The summed E-state index contributed by atoms with van der Waals surface area (Å²) in [6, 6.07) is 10.4. The average molecular weight is 194 g/mol. The lowest BCUT2D eigenvalue weighted by atomic mass is 10.2. The lowest BCUT2D eigenvalue weighted by molar-refractivity contribution is 0.289. The van der Waals surface area contributed by atoms with Gasteiger partial charge in [0.25, 0.3) is 0 Å². The van der Waals surface area contributed by atoms with E-state index in [1.807, 2.05) is 17.8 Å². The molecule has 2 heteroatoms. The molecule has 0 amide bonds. The number of thioether (sulfide) groups is 1. The van der Waals surface area contributed by atoms with Gasteiger partial charge in [0.1, 0.15) is 0 Å². The first kappa shape index (κ1) is 9.10. The molecule has 1 saturated carbocycles. The lowest BCUT2D eigenvalue weighted by Crippen LogP contribution is -2.08. The zero-order valence-corrected chi connectivity index (χ0v) is 8.39. The van der Waals surface area contributed by atoms with Crippen LogP contribution in [-0.2, 0) is 5.75 Å². The summed E-state index contributed by atoms with van der Waals surface area (Å²) in [5, 5.41) is 9.11. The summed E-state index contributed by atoms with van der Waals surface area (Å²) in [5.41, 5.74) is 1.35. The van der Waals surface area contributed by atoms with Crippen LogP contribution in [0.5, 0.6) is 0 Å². The van der Waals surface area contributed by atoms with Crippen molar-refractivity contribution in [3.8, 4) is 0 Å². The summed E-state index contributed by atoms with van der Waals surface area (Å²) in [5.74, 6) is 1.03. The third-order valence-corrected chi connectivity index (χ3v) is 4.11. The Balaban J connectivity index is 1.86. The minimum Gasteiger partial charge on any atom is -0.395 e. The second kappa shape index (κ2) is 3.72. The van der Waals surface area contributed by atoms with Crippen LogP contribution in [0.3, 0.4) is 0 Å². The maximum absolute atomic E-state index is 9.11. The maximum Gasteiger partial charge on any atom is 0.0578 e. The summed E-state index contributed by atoms with van der Waals surface area (Å²) >= 11 is 1.89. The van der Waals surface area contributed by atoms with E-state index in [9.17, 15) is 0 Å². The predicted octanol–water partition coefficient (Wildman–Crippen LogP) is 2.44. The molecule has 1 aliphatic carbocycles. The standard InChI is InChI=1S/C11H14OS/c12-9-11(6-7-11)13-8-10-4-2-1-3-5-10/h1-5,12H,6-9H2. The molecule has 1 aliphatic rings. The molecule has 0 heterocycles. The quantitative estimate of drug-likeness (QED) is 0.794. The SMILES string of the molecule is OCC1(SCc2ccccc2)CC1. The van der Waals surface area contributed by atoms with Crippen molar-refractivity contribution in [3.63, 3.8) is 0 Å². The van der Waals surface area contributed by atoms with Gasteiger partial charge in [0.2, 0.25) is 0 Å². The first-order valence-corrected chi connectivity index (χ1v) is 5.62. The van der Waals surface area contributed by atoms with Crippen molar-refractivity contribution in [2.75, 3.05) is 6.61 Å². The van der Waals surface area contributed by atoms with Crippen molar-refractivity contribution in [2.24, 2.45) is 0 Å². The van der Waals surface area contributed by atoms with Gasteiger partial charge in [0, 0.05) is 10.5 Å². The highest BCUT2D eigenvalue weighted by atomic mass is 32.2. The topological polar surface area (TPSA) is 20.2 Å². The van der Waals surface area contributed by atoms with Crippen LogP contribution < -0.4 is 0 Å². The number of hydrogen-bond donors (Lipinski definition) is 1. The Morgan fingerprint density at radius 1 is 1.23 bits per heavy atom. The maximum atomic E-state index is 9.11. The molecule has 2 rings (SSSR count). The van der Waals surface area contributed by atoms with Gasteiger partial charge in [0.15, 0.2) is 0 Å². The van der Waals surface area contributed by atoms with E-state index in [1.54, 1.807) is 0 Å². The Hall–Kier alpha value is -0.470. The van der Waals surface area contributed by atoms with E-state index in [0.717, 1.165) is 5.75 Å². The van der Waals surface area contributed by atoms with Gasteiger partial charge in [-0.05, 0) is 18.4 Å². The molecule has 0 radical (unpaired) electrons. The van der Waals surface area contributed by atoms with Gasteiger partial charge in [-0.3, -0.25) is 0 Å². The van der Waals surface area contributed by atoms with Crippen molar-refractivity contribution in [1.29, 1.82) is 0 Å².